The zero-order valence-electron chi connectivity index (χ0n) is 27.5. The number of carbonyl (C=O) groups excluding carboxylic acids is 2. The van der Waals surface area contributed by atoms with Crippen molar-refractivity contribution in [3.63, 3.8) is 0 Å². The molecule has 2 aromatic rings. The second kappa shape index (κ2) is 14.5. The highest BCUT2D eigenvalue weighted by atomic mass is 35.5. The van der Waals surface area contributed by atoms with Gasteiger partial charge in [0.05, 0.1) is 21.2 Å². The van der Waals surface area contributed by atoms with Crippen molar-refractivity contribution in [3.05, 3.63) is 68.7 Å². The van der Waals surface area contributed by atoms with Gasteiger partial charge in [-0.1, -0.05) is 29.3 Å². The van der Waals surface area contributed by atoms with E-state index in [-0.39, 0.29) is 37.2 Å². The first kappa shape index (κ1) is 37.5. The van der Waals surface area contributed by atoms with Gasteiger partial charge in [0, 0.05) is 69.5 Å². The van der Waals surface area contributed by atoms with E-state index in [4.69, 9.17) is 27.9 Å². The normalized spacial score (nSPS) is 23.2. The van der Waals surface area contributed by atoms with E-state index in [0.29, 0.717) is 48.1 Å². The van der Waals surface area contributed by atoms with Crippen LogP contribution in [0.4, 0.5) is 31.1 Å². The van der Waals surface area contributed by atoms with E-state index in [2.05, 4.69) is 9.80 Å². The predicted molar refractivity (Wildman–Crippen MR) is 174 cm³/mol. The predicted octanol–water partition coefficient (Wildman–Crippen LogP) is 7.87. The standard InChI is InChI=1S/C34H40Cl2F6N4O3/c1-32(2,3)49-31(48)45-8-6-26(20-45)44-12-10-43(11-13-44)25-7-9-46(27(19-25)14-21-4-5-28(35)29(36)15-21)30(47)22-16-23(33(37,38)39)18-24(17-22)34(40,41)42/h4-5,15-18,25-27H,6-14,19-20H2,1-3H3. The molecule has 3 aliphatic rings. The van der Waals surface area contributed by atoms with Crippen LogP contribution in [-0.4, -0.2) is 101 Å². The first-order chi connectivity index (χ1) is 22.8. The lowest BCUT2D eigenvalue weighted by Gasteiger charge is -2.47. The molecule has 3 saturated heterocycles. The fourth-order valence-corrected chi connectivity index (χ4v) is 7.33. The van der Waals surface area contributed by atoms with Gasteiger partial charge in [0.1, 0.15) is 5.60 Å². The average Bonchev–Trinajstić information content (AvgIpc) is 3.52. The molecule has 270 valence electrons. The molecule has 49 heavy (non-hydrogen) atoms. The molecule has 2 amide bonds. The summed E-state index contributed by atoms with van der Waals surface area (Å²) in [7, 11) is 0. The number of halogens is 8. The third kappa shape index (κ3) is 9.33. The number of alkyl halides is 6. The van der Waals surface area contributed by atoms with E-state index in [1.54, 1.807) is 23.1 Å². The smallest absolute Gasteiger partial charge is 0.416 e. The van der Waals surface area contributed by atoms with Gasteiger partial charge in [0.25, 0.3) is 5.91 Å². The number of likely N-dealkylation sites (tertiary alicyclic amines) is 2. The SMILES string of the molecule is CC(C)(C)OC(=O)N1CCC(N2CCN(C3CCN(C(=O)c4cc(C(F)(F)F)cc(C(F)(F)F)c4)C(Cc4ccc(Cl)c(Cl)c4)C3)CC2)C1. The maximum Gasteiger partial charge on any atom is 0.416 e. The van der Waals surface area contributed by atoms with Crippen molar-refractivity contribution in [2.45, 2.75) is 82.5 Å². The summed E-state index contributed by atoms with van der Waals surface area (Å²) in [6, 6.07) is 5.74. The van der Waals surface area contributed by atoms with Crippen molar-refractivity contribution in [3.8, 4) is 0 Å². The van der Waals surface area contributed by atoms with Crippen LogP contribution in [0.5, 0.6) is 0 Å². The van der Waals surface area contributed by atoms with Crippen LogP contribution >= 0.6 is 23.2 Å². The number of nitrogens with zero attached hydrogens (tertiary/aromatic N) is 4. The summed E-state index contributed by atoms with van der Waals surface area (Å²) in [5.74, 6) is -0.888. The van der Waals surface area contributed by atoms with E-state index in [0.717, 1.165) is 38.2 Å². The number of piperazine rings is 1. The number of hydrogen-bond acceptors (Lipinski definition) is 5. The summed E-state index contributed by atoms with van der Waals surface area (Å²) in [4.78, 5) is 34.2. The molecule has 0 bridgehead atoms. The highest BCUT2D eigenvalue weighted by molar-refractivity contribution is 6.42. The molecule has 2 aromatic carbocycles. The van der Waals surface area contributed by atoms with Gasteiger partial charge in [-0.2, -0.15) is 26.3 Å². The van der Waals surface area contributed by atoms with E-state index < -0.39 is 46.6 Å². The maximum atomic E-state index is 13.8. The maximum absolute atomic E-state index is 13.8. The minimum Gasteiger partial charge on any atom is -0.444 e. The summed E-state index contributed by atoms with van der Waals surface area (Å²) in [5.41, 5.74) is -3.56. The number of ether oxygens (including phenoxy) is 1. The molecule has 3 atom stereocenters. The Kier molecular flexibility index (Phi) is 11.1. The van der Waals surface area contributed by atoms with Crippen LogP contribution in [-0.2, 0) is 23.5 Å². The molecule has 3 unspecified atom stereocenters. The zero-order valence-corrected chi connectivity index (χ0v) is 29.0. The second-order valence-corrected chi connectivity index (χ2v) is 14.8. The average molecular weight is 738 g/mol. The van der Waals surface area contributed by atoms with Gasteiger partial charge in [-0.3, -0.25) is 14.6 Å². The molecule has 3 fully saturated rings. The molecule has 0 N–H and O–H groups in total. The van der Waals surface area contributed by atoms with E-state index >= 15 is 0 Å². The highest BCUT2D eigenvalue weighted by Crippen LogP contribution is 2.37. The monoisotopic (exact) mass is 736 g/mol. The summed E-state index contributed by atoms with van der Waals surface area (Å²) in [6.45, 7) is 9.90. The van der Waals surface area contributed by atoms with Crippen molar-refractivity contribution in [1.82, 2.24) is 19.6 Å². The topological polar surface area (TPSA) is 56.3 Å². The molecular formula is C34H40Cl2F6N4O3. The Morgan fingerprint density at radius 3 is 1.90 bits per heavy atom. The lowest BCUT2D eigenvalue weighted by molar-refractivity contribution is -0.143. The van der Waals surface area contributed by atoms with Crippen LogP contribution in [0, 0.1) is 0 Å². The quantitative estimate of drug-likeness (QED) is 0.293. The van der Waals surface area contributed by atoms with Crippen molar-refractivity contribution < 1.29 is 40.7 Å². The van der Waals surface area contributed by atoms with Crippen LogP contribution in [0.2, 0.25) is 10.0 Å². The number of amides is 2. The van der Waals surface area contributed by atoms with Gasteiger partial charge in [-0.25, -0.2) is 4.79 Å². The zero-order chi connectivity index (χ0) is 35.9. The largest absolute Gasteiger partial charge is 0.444 e. The Hall–Kier alpha value is -2.74. The Morgan fingerprint density at radius 2 is 1.35 bits per heavy atom. The molecule has 3 heterocycles. The number of carbonyl (C=O) groups is 2. The molecule has 7 nitrogen and oxygen atoms in total. The summed E-state index contributed by atoms with van der Waals surface area (Å²) in [6.07, 6.45) is -8.36. The van der Waals surface area contributed by atoms with Gasteiger partial charge in [0.2, 0.25) is 0 Å². The van der Waals surface area contributed by atoms with Crippen LogP contribution in [0.25, 0.3) is 0 Å². The third-order valence-corrected chi connectivity index (χ3v) is 10.2. The molecule has 3 aliphatic heterocycles. The first-order valence-electron chi connectivity index (χ1n) is 16.3. The molecule has 0 aliphatic carbocycles. The van der Waals surface area contributed by atoms with Crippen LogP contribution < -0.4 is 0 Å². The van der Waals surface area contributed by atoms with Gasteiger partial charge in [0.15, 0.2) is 0 Å². The molecule has 0 aromatic heterocycles. The molecule has 15 heteroatoms. The Labute approximate surface area is 292 Å². The fraction of sp³-hybridized carbons (Fsp3) is 0.588. The lowest BCUT2D eigenvalue weighted by Crippen LogP contribution is -2.58. The number of piperidine rings is 1. The van der Waals surface area contributed by atoms with Crippen molar-refractivity contribution in [2.75, 3.05) is 45.8 Å². The van der Waals surface area contributed by atoms with Crippen molar-refractivity contribution in [1.29, 1.82) is 0 Å². The van der Waals surface area contributed by atoms with E-state index in [1.807, 2.05) is 20.8 Å². The Balaban J connectivity index is 1.30. The van der Waals surface area contributed by atoms with Gasteiger partial charge in [-0.05, 0) is 82.3 Å². The molecule has 0 radical (unpaired) electrons. The second-order valence-electron chi connectivity index (χ2n) is 14.0. The van der Waals surface area contributed by atoms with E-state index in [1.165, 1.54) is 4.90 Å². The van der Waals surface area contributed by atoms with Gasteiger partial charge < -0.3 is 14.5 Å². The van der Waals surface area contributed by atoms with Crippen LogP contribution in [0.1, 0.15) is 67.1 Å². The molecule has 5 rings (SSSR count). The molecule has 0 saturated carbocycles. The first-order valence-corrected chi connectivity index (χ1v) is 17.0. The molecular weight excluding hydrogens is 697 g/mol. The fourth-order valence-electron chi connectivity index (χ4n) is 7.01. The van der Waals surface area contributed by atoms with Crippen molar-refractivity contribution >= 4 is 35.2 Å². The summed E-state index contributed by atoms with van der Waals surface area (Å²) in [5, 5.41) is 0.628. The molecule has 0 spiro atoms. The number of benzene rings is 2. The third-order valence-electron chi connectivity index (χ3n) is 9.44. The Morgan fingerprint density at radius 1 is 0.776 bits per heavy atom. The van der Waals surface area contributed by atoms with Gasteiger partial charge in [-0.15, -0.1) is 0 Å². The minimum atomic E-state index is -5.07. The summed E-state index contributed by atoms with van der Waals surface area (Å²) < 4.78 is 87.3. The summed E-state index contributed by atoms with van der Waals surface area (Å²) >= 11 is 12.4. The highest BCUT2D eigenvalue weighted by Gasteiger charge is 2.41. The lowest BCUT2D eigenvalue weighted by atomic mass is 9.90. The van der Waals surface area contributed by atoms with E-state index in [9.17, 15) is 35.9 Å². The number of hydrogen-bond donors (Lipinski definition) is 0. The van der Waals surface area contributed by atoms with Crippen LogP contribution in [0.15, 0.2) is 36.4 Å². The van der Waals surface area contributed by atoms with Crippen molar-refractivity contribution in [2.24, 2.45) is 0 Å². The number of rotatable bonds is 5. The Bertz CT molecular complexity index is 1490. The minimum absolute atomic E-state index is 0.0243. The van der Waals surface area contributed by atoms with Gasteiger partial charge >= 0.3 is 18.4 Å². The van der Waals surface area contributed by atoms with Crippen LogP contribution in [0.3, 0.4) is 0 Å².